The number of carbonyl (C=O) groups is 3. The lowest BCUT2D eigenvalue weighted by Gasteiger charge is -2.09. The molecular formula is C24H22N2O6. The summed E-state index contributed by atoms with van der Waals surface area (Å²) < 4.78 is 15.6. The van der Waals surface area contributed by atoms with Gasteiger partial charge in [-0.3, -0.25) is 9.59 Å². The average Bonchev–Trinajstić information content (AvgIpc) is 2.82. The molecular weight excluding hydrogens is 412 g/mol. The zero-order chi connectivity index (χ0) is 22.8. The van der Waals surface area contributed by atoms with E-state index in [0.717, 1.165) is 0 Å². The van der Waals surface area contributed by atoms with Crippen molar-refractivity contribution in [2.45, 2.75) is 0 Å². The van der Waals surface area contributed by atoms with Gasteiger partial charge in [-0.2, -0.15) is 0 Å². The van der Waals surface area contributed by atoms with E-state index < -0.39 is 18.5 Å². The third-order valence-electron chi connectivity index (χ3n) is 4.21. The largest absolute Gasteiger partial charge is 0.497 e. The van der Waals surface area contributed by atoms with Crippen molar-refractivity contribution >= 4 is 29.2 Å². The highest BCUT2D eigenvalue weighted by Gasteiger charge is 2.11. The number of amides is 2. The first kappa shape index (κ1) is 22.4. The first-order valence-electron chi connectivity index (χ1n) is 9.72. The molecule has 0 saturated carbocycles. The molecule has 2 N–H and O–H groups in total. The molecule has 0 aliphatic heterocycles. The van der Waals surface area contributed by atoms with Crippen molar-refractivity contribution in [3.8, 4) is 11.5 Å². The molecule has 3 aromatic rings. The third-order valence-corrected chi connectivity index (χ3v) is 4.21. The number of nitrogens with one attached hydrogen (secondary N) is 2. The van der Waals surface area contributed by atoms with Gasteiger partial charge in [0.05, 0.1) is 12.7 Å². The van der Waals surface area contributed by atoms with Gasteiger partial charge in [0, 0.05) is 17.4 Å². The second kappa shape index (κ2) is 11.2. The van der Waals surface area contributed by atoms with E-state index in [1.165, 1.54) is 12.1 Å². The van der Waals surface area contributed by atoms with Crippen LogP contribution in [0.1, 0.15) is 10.4 Å². The molecule has 164 valence electrons. The molecule has 0 bridgehead atoms. The molecule has 0 fully saturated rings. The van der Waals surface area contributed by atoms with Crippen molar-refractivity contribution in [1.82, 2.24) is 0 Å². The molecule has 0 unspecified atom stereocenters. The average molecular weight is 434 g/mol. The van der Waals surface area contributed by atoms with Crippen LogP contribution < -0.4 is 20.1 Å². The van der Waals surface area contributed by atoms with Gasteiger partial charge in [0.1, 0.15) is 11.5 Å². The Morgan fingerprint density at radius 2 is 1.38 bits per heavy atom. The van der Waals surface area contributed by atoms with Crippen molar-refractivity contribution in [3.05, 3.63) is 84.4 Å². The van der Waals surface area contributed by atoms with Gasteiger partial charge in [-0.25, -0.2) is 4.79 Å². The van der Waals surface area contributed by atoms with Crippen molar-refractivity contribution in [2.75, 3.05) is 31.0 Å². The molecule has 0 radical (unpaired) electrons. The molecule has 0 spiro atoms. The monoisotopic (exact) mass is 434 g/mol. The zero-order valence-electron chi connectivity index (χ0n) is 17.4. The van der Waals surface area contributed by atoms with Crippen LogP contribution in [0.3, 0.4) is 0 Å². The number of benzene rings is 3. The third kappa shape index (κ3) is 6.88. The van der Waals surface area contributed by atoms with Crippen LogP contribution in [-0.2, 0) is 14.3 Å². The minimum atomic E-state index is -0.643. The fourth-order valence-corrected chi connectivity index (χ4v) is 2.67. The van der Waals surface area contributed by atoms with E-state index in [-0.39, 0.29) is 18.1 Å². The number of carbonyl (C=O) groups excluding carboxylic acids is 3. The zero-order valence-corrected chi connectivity index (χ0v) is 17.4. The van der Waals surface area contributed by atoms with Gasteiger partial charge in [0.2, 0.25) is 0 Å². The van der Waals surface area contributed by atoms with Crippen LogP contribution in [0.15, 0.2) is 78.9 Å². The summed E-state index contributed by atoms with van der Waals surface area (Å²) in [6, 6.07) is 21.9. The van der Waals surface area contributed by atoms with E-state index in [2.05, 4.69) is 10.6 Å². The number of methoxy groups -OCH3 is 1. The Hall–Kier alpha value is -4.33. The highest BCUT2D eigenvalue weighted by Crippen LogP contribution is 2.17. The number of para-hydroxylation sites is 1. The maximum Gasteiger partial charge on any atom is 0.338 e. The number of ether oxygens (including phenoxy) is 3. The molecule has 2 amide bonds. The van der Waals surface area contributed by atoms with E-state index in [1.807, 2.05) is 6.07 Å². The summed E-state index contributed by atoms with van der Waals surface area (Å²) in [6.45, 7) is -0.614. The van der Waals surface area contributed by atoms with Crippen LogP contribution in [0.2, 0.25) is 0 Å². The van der Waals surface area contributed by atoms with E-state index in [1.54, 1.807) is 67.8 Å². The lowest BCUT2D eigenvalue weighted by atomic mass is 10.2. The second-order valence-electron chi connectivity index (χ2n) is 6.58. The quantitative estimate of drug-likeness (QED) is 0.500. The lowest BCUT2D eigenvalue weighted by molar-refractivity contribution is -0.119. The van der Waals surface area contributed by atoms with Gasteiger partial charge < -0.3 is 24.8 Å². The van der Waals surface area contributed by atoms with E-state index in [9.17, 15) is 14.4 Å². The van der Waals surface area contributed by atoms with Crippen molar-refractivity contribution in [2.24, 2.45) is 0 Å². The van der Waals surface area contributed by atoms with Gasteiger partial charge in [0.25, 0.3) is 11.8 Å². The van der Waals surface area contributed by atoms with Gasteiger partial charge >= 0.3 is 5.97 Å². The van der Waals surface area contributed by atoms with Crippen LogP contribution in [0.4, 0.5) is 11.4 Å². The summed E-state index contributed by atoms with van der Waals surface area (Å²) in [5, 5.41) is 5.33. The van der Waals surface area contributed by atoms with Crippen molar-refractivity contribution in [1.29, 1.82) is 0 Å². The summed E-state index contributed by atoms with van der Waals surface area (Å²) in [5.41, 5.74) is 1.46. The molecule has 32 heavy (non-hydrogen) atoms. The minimum Gasteiger partial charge on any atom is -0.497 e. The van der Waals surface area contributed by atoms with Crippen LogP contribution in [0, 0.1) is 0 Å². The molecule has 8 heteroatoms. The van der Waals surface area contributed by atoms with Crippen LogP contribution in [0.5, 0.6) is 11.5 Å². The van der Waals surface area contributed by atoms with E-state index >= 15 is 0 Å². The SMILES string of the molecule is COc1cccc(NC(=O)COc2ccc(C(=O)OCC(=O)Nc3ccccc3)cc2)c1. The molecule has 0 aliphatic carbocycles. The van der Waals surface area contributed by atoms with E-state index in [4.69, 9.17) is 14.2 Å². The Bertz CT molecular complexity index is 1070. The van der Waals surface area contributed by atoms with Crippen LogP contribution in [-0.4, -0.2) is 38.1 Å². The van der Waals surface area contributed by atoms with E-state index in [0.29, 0.717) is 22.9 Å². The molecule has 0 atom stereocenters. The molecule has 3 rings (SSSR count). The van der Waals surface area contributed by atoms with Gasteiger partial charge in [-0.1, -0.05) is 24.3 Å². The smallest absolute Gasteiger partial charge is 0.338 e. The Balaban J connectivity index is 1.43. The van der Waals surface area contributed by atoms with Crippen LogP contribution >= 0.6 is 0 Å². The summed E-state index contributed by atoms with van der Waals surface area (Å²) >= 11 is 0. The molecule has 0 saturated heterocycles. The van der Waals surface area contributed by atoms with Crippen molar-refractivity contribution in [3.63, 3.8) is 0 Å². The number of hydrogen-bond donors (Lipinski definition) is 2. The number of rotatable bonds is 9. The minimum absolute atomic E-state index is 0.208. The Kier molecular flexibility index (Phi) is 7.80. The van der Waals surface area contributed by atoms with Crippen LogP contribution in [0.25, 0.3) is 0 Å². The molecule has 3 aromatic carbocycles. The molecule has 0 aromatic heterocycles. The van der Waals surface area contributed by atoms with Gasteiger partial charge in [0.15, 0.2) is 13.2 Å². The highest BCUT2D eigenvalue weighted by molar-refractivity contribution is 5.95. The maximum atomic E-state index is 12.1. The first-order chi connectivity index (χ1) is 15.5. The lowest BCUT2D eigenvalue weighted by Crippen LogP contribution is -2.21. The number of hydrogen-bond acceptors (Lipinski definition) is 6. The number of anilines is 2. The summed E-state index contributed by atoms with van der Waals surface area (Å²) in [6.07, 6.45) is 0. The Labute approximate surface area is 185 Å². The molecule has 0 heterocycles. The standard InChI is InChI=1S/C24H22N2O6/c1-30-21-9-5-8-19(14-21)26-22(27)15-31-20-12-10-17(11-13-20)24(29)32-16-23(28)25-18-6-3-2-4-7-18/h2-14H,15-16H2,1H3,(H,25,28)(H,26,27). The van der Waals surface area contributed by atoms with Gasteiger partial charge in [-0.05, 0) is 48.5 Å². The second-order valence-corrected chi connectivity index (χ2v) is 6.58. The van der Waals surface area contributed by atoms with Gasteiger partial charge in [-0.15, -0.1) is 0 Å². The summed E-state index contributed by atoms with van der Waals surface area (Å²) in [5.74, 6) is -0.388. The maximum absolute atomic E-state index is 12.1. The highest BCUT2D eigenvalue weighted by atomic mass is 16.5. The molecule has 8 nitrogen and oxygen atoms in total. The molecule has 0 aliphatic rings. The fraction of sp³-hybridized carbons (Fsp3) is 0.125. The Morgan fingerprint density at radius 1 is 0.719 bits per heavy atom. The fourth-order valence-electron chi connectivity index (χ4n) is 2.67. The van der Waals surface area contributed by atoms with Crippen molar-refractivity contribution < 1.29 is 28.6 Å². The Morgan fingerprint density at radius 3 is 2.09 bits per heavy atom. The first-order valence-corrected chi connectivity index (χ1v) is 9.72. The predicted octanol–water partition coefficient (Wildman–Crippen LogP) is 3.51. The summed E-state index contributed by atoms with van der Waals surface area (Å²) in [7, 11) is 1.54. The number of esters is 1. The predicted molar refractivity (Wildman–Crippen MR) is 119 cm³/mol. The normalized spacial score (nSPS) is 10.0. The topological polar surface area (TPSA) is 103 Å². The summed E-state index contributed by atoms with van der Waals surface area (Å²) in [4.78, 5) is 36.0.